The van der Waals surface area contributed by atoms with Crippen molar-refractivity contribution >= 4 is 23.1 Å². The Morgan fingerprint density at radius 1 is 1.42 bits per heavy atom. The molecule has 5 nitrogen and oxygen atoms in total. The Morgan fingerprint density at radius 2 is 1.95 bits per heavy atom. The molecule has 0 aromatic heterocycles. The van der Waals surface area contributed by atoms with E-state index in [0.29, 0.717) is 4.99 Å². The predicted octanol–water partition coefficient (Wildman–Crippen LogP) is 0.668. The smallest absolute Gasteiger partial charge is 0.246 e. The molecule has 0 aromatic rings. The van der Waals surface area contributed by atoms with Crippen molar-refractivity contribution in [2.45, 2.75) is 44.8 Å². The van der Waals surface area contributed by atoms with Crippen molar-refractivity contribution in [3.8, 4) is 0 Å². The van der Waals surface area contributed by atoms with Crippen molar-refractivity contribution in [2.24, 2.45) is 5.73 Å². The van der Waals surface area contributed by atoms with Gasteiger partial charge in [0.25, 0.3) is 0 Å². The van der Waals surface area contributed by atoms with Crippen LogP contribution in [0.4, 0.5) is 0 Å². The number of carbonyl (C=O) groups is 1. The second kappa shape index (κ2) is 6.15. The topological polar surface area (TPSA) is 67.6 Å². The van der Waals surface area contributed by atoms with E-state index in [9.17, 15) is 4.79 Å². The first-order chi connectivity index (χ1) is 8.65. The summed E-state index contributed by atoms with van der Waals surface area (Å²) in [5.74, 6) is -0.160. The van der Waals surface area contributed by atoms with Gasteiger partial charge in [-0.05, 0) is 40.7 Å². The number of ether oxygens (including phenoxy) is 1. The summed E-state index contributed by atoms with van der Waals surface area (Å²) in [5, 5.41) is 2.97. The van der Waals surface area contributed by atoms with Crippen molar-refractivity contribution in [1.29, 1.82) is 0 Å². The van der Waals surface area contributed by atoms with Crippen LogP contribution in [0, 0.1) is 0 Å². The SMILES string of the molecule is CN1CCC(NC(=O)COC(C)(C)C)(C(N)=S)CC1. The maximum Gasteiger partial charge on any atom is 0.246 e. The quantitative estimate of drug-likeness (QED) is 0.744. The number of piperidine rings is 1. The van der Waals surface area contributed by atoms with Crippen LogP contribution in [-0.4, -0.2) is 53.7 Å². The first-order valence-corrected chi connectivity index (χ1v) is 6.99. The van der Waals surface area contributed by atoms with Gasteiger partial charge in [0.15, 0.2) is 0 Å². The monoisotopic (exact) mass is 287 g/mol. The standard InChI is InChI=1S/C13H25N3O2S/c1-12(2,3)18-9-10(17)15-13(11(14)19)5-7-16(4)8-6-13/h5-9H2,1-4H3,(H2,14,19)(H,15,17). The van der Waals surface area contributed by atoms with Crippen LogP contribution in [0.5, 0.6) is 0 Å². The number of thiocarbonyl (C=S) groups is 1. The number of hydrogen-bond acceptors (Lipinski definition) is 4. The van der Waals surface area contributed by atoms with Gasteiger partial charge in [-0.15, -0.1) is 0 Å². The highest BCUT2D eigenvalue weighted by Crippen LogP contribution is 2.22. The number of hydrogen-bond donors (Lipinski definition) is 2. The molecule has 0 unspecified atom stereocenters. The predicted molar refractivity (Wildman–Crippen MR) is 80.1 cm³/mol. The van der Waals surface area contributed by atoms with Crippen LogP contribution in [0.25, 0.3) is 0 Å². The molecule has 1 aliphatic rings. The van der Waals surface area contributed by atoms with E-state index >= 15 is 0 Å². The number of nitrogens with zero attached hydrogens (tertiary/aromatic N) is 1. The fraction of sp³-hybridized carbons (Fsp3) is 0.846. The summed E-state index contributed by atoms with van der Waals surface area (Å²) in [6.45, 7) is 7.52. The molecule has 1 fully saturated rings. The summed E-state index contributed by atoms with van der Waals surface area (Å²) in [6, 6.07) is 0. The molecule has 1 amide bonds. The molecular weight excluding hydrogens is 262 g/mol. The average Bonchev–Trinajstić information content (AvgIpc) is 2.29. The number of amides is 1. The lowest BCUT2D eigenvalue weighted by atomic mass is 9.87. The Hall–Kier alpha value is -0.720. The van der Waals surface area contributed by atoms with Gasteiger partial charge in [-0.2, -0.15) is 0 Å². The average molecular weight is 287 g/mol. The molecule has 1 aliphatic heterocycles. The van der Waals surface area contributed by atoms with E-state index in [-0.39, 0.29) is 18.1 Å². The van der Waals surface area contributed by atoms with Crippen molar-refractivity contribution in [3.63, 3.8) is 0 Å². The van der Waals surface area contributed by atoms with Crippen LogP contribution >= 0.6 is 12.2 Å². The molecule has 1 rings (SSSR count). The van der Waals surface area contributed by atoms with Crippen molar-refractivity contribution < 1.29 is 9.53 Å². The second-order valence-electron chi connectivity index (χ2n) is 6.20. The number of nitrogens with one attached hydrogen (secondary N) is 1. The number of rotatable bonds is 4. The van der Waals surface area contributed by atoms with Gasteiger partial charge < -0.3 is 20.7 Å². The van der Waals surface area contributed by atoms with Gasteiger partial charge in [0, 0.05) is 13.1 Å². The lowest BCUT2D eigenvalue weighted by Crippen LogP contribution is -2.62. The number of nitrogens with two attached hydrogens (primary N) is 1. The lowest BCUT2D eigenvalue weighted by molar-refractivity contribution is -0.132. The first-order valence-electron chi connectivity index (χ1n) is 6.58. The minimum atomic E-state index is -0.555. The Labute approximate surface area is 120 Å². The van der Waals surface area contributed by atoms with Gasteiger partial charge in [-0.25, -0.2) is 0 Å². The lowest BCUT2D eigenvalue weighted by Gasteiger charge is -2.40. The maximum atomic E-state index is 12.0. The van der Waals surface area contributed by atoms with Gasteiger partial charge in [-0.1, -0.05) is 12.2 Å². The third kappa shape index (κ3) is 5.04. The molecule has 0 spiro atoms. The zero-order valence-electron chi connectivity index (χ0n) is 12.3. The summed E-state index contributed by atoms with van der Waals surface area (Å²) in [5.41, 5.74) is 4.95. The molecule has 19 heavy (non-hydrogen) atoms. The van der Waals surface area contributed by atoms with Gasteiger partial charge >= 0.3 is 0 Å². The molecular formula is C13H25N3O2S. The number of carbonyl (C=O) groups excluding carboxylic acids is 1. The molecule has 0 radical (unpaired) electrons. The minimum absolute atomic E-state index is 0.0315. The largest absolute Gasteiger partial charge is 0.391 e. The Morgan fingerprint density at radius 3 is 2.37 bits per heavy atom. The van der Waals surface area contributed by atoms with Gasteiger partial charge in [0.05, 0.1) is 16.1 Å². The summed E-state index contributed by atoms with van der Waals surface area (Å²) < 4.78 is 5.47. The highest BCUT2D eigenvalue weighted by Gasteiger charge is 2.38. The fourth-order valence-corrected chi connectivity index (χ4v) is 2.27. The highest BCUT2D eigenvalue weighted by atomic mass is 32.1. The zero-order valence-corrected chi connectivity index (χ0v) is 13.1. The molecule has 0 saturated carbocycles. The second-order valence-corrected chi connectivity index (χ2v) is 6.64. The molecule has 110 valence electrons. The third-order valence-corrected chi connectivity index (χ3v) is 3.72. The van der Waals surface area contributed by atoms with Crippen LogP contribution in [0.2, 0.25) is 0 Å². The minimum Gasteiger partial charge on any atom is -0.391 e. The molecule has 1 heterocycles. The first kappa shape index (κ1) is 16.3. The van der Waals surface area contributed by atoms with Crippen LogP contribution in [0.1, 0.15) is 33.6 Å². The molecule has 0 atom stereocenters. The third-order valence-electron chi connectivity index (χ3n) is 3.33. The van der Waals surface area contributed by atoms with Crippen LogP contribution < -0.4 is 11.1 Å². The number of likely N-dealkylation sites (tertiary alicyclic amines) is 1. The molecule has 0 bridgehead atoms. The van der Waals surface area contributed by atoms with E-state index in [1.807, 2.05) is 27.8 Å². The van der Waals surface area contributed by atoms with E-state index in [2.05, 4.69) is 10.2 Å². The van der Waals surface area contributed by atoms with Crippen LogP contribution in [-0.2, 0) is 9.53 Å². The molecule has 6 heteroatoms. The Balaban J connectivity index is 2.59. The van der Waals surface area contributed by atoms with Crippen molar-refractivity contribution in [3.05, 3.63) is 0 Å². The van der Waals surface area contributed by atoms with Crippen molar-refractivity contribution in [2.75, 3.05) is 26.7 Å². The van der Waals surface area contributed by atoms with E-state index in [1.54, 1.807) is 0 Å². The molecule has 3 N–H and O–H groups in total. The molecule has 1 saturated heterocycles. The van der Waals surface area contributed by atoms with E-state index in [4.69, 9.17) is 22.7 Å². The Kier molecular flexibility index (Phi) is 5.29. The normalized spacial score (nSPS) is 20.0. The Bertz CT molecular complexity index is 344. The molecule has 0 aliphatic carbocycles. The summed E-state index contributed by atoms with van der Waals surface area (Å²) in [6.07, 6.45) is 1.50. The van der Waals surface area contributed by atoms with Crippen molar-refractivity contribution in [1.82, 2.24) is 10.2 Å². The van der Waals surface area contributed by atoms with Gasteiger partial charge in [0.1, 0.15) is 6.61 Å². The van der Waals surface area contributed by atoms with E-state index < -0.39 is 5.54 Å². The van der Waals surface area contributed by atoms with E-state index in [1.165, 1.54) is 0 Å². The highest BCUT2D eigenvalue weighted by molar-refractivity contribution is 7.80. The van der Waals surface area contributed by atoms with Gasteiger partial charge in [0.2, 0.25) is 5.91 Å². The maximum absolute atomic E-state index is 12.0. The van der Waals surface area contributed by atoms with Gasteiger partial charge in [-0.3, -0.25) is 4.79 Å². The summed E-state index contributed by atoms with van der Waals surface area (Å²) >= 11 is 5.15. The summed E-state index contributed by atoms with van der Waals surface area (Å²) in [4.78, 5) is 14.6. The van der Waals surface area contributed by atoms with Crippen LogP contribution in [0.3, 0.4) is 0 Å². The molecule has 0 aromatic carbocycles. The van der Waals surface area contributed by atoms with Crippen LogP contribution in [0.15, 0.2) is 0 Å². The fourth-order valence-electron chi connectivity index (χ4n) is 2.02. The summed E-state index contributed by atoms with van der Waals surface area (Å²) in [7, 11) is 2.05. The zero-order chi connectivity index (χ0) is 14.7. The van der Waals surface area contributed by atoms with E-state index in [0.717, 1.165) is 25.9 Å².